The van der Waals surface area contributed by atoms with Crippen molar-refractivity contribution in [3.05, 3.63) is 59.3 Å². The maximum absolute atomic E-state index is 13.4. The molecule has 1 N–H and O–H groups in total. The predicted octanol–water partition coefficient (Wildman–Crippen LogP) is 4.71. The number of ketones is 1. The number of carbonyl (C=O) groups excluding carboxylic acids is 1. The molecule has 1 aliphatic carbocycles. The number of nitrogens with zero attached hydrogens (tertiary/aromatic N) is 2. The topological polar surface area (TPSA) is 65.4 Å². The lowest BCUT2D eigenvalue weighted by atomic mass is 9.73. The highest BCUT2D eigenvalue weighted by molar-refractivity contribution is 6.01. The Balaban J connectivity index is 1.83. The zero-order valence-electron chi connectivity index (χ0n) is 17.7. The summed E-state index contributed by atoms with van der Waals surface area (Å²) in [7, 11) is 3.26. The van der Waals surface area contributed by atoms with Gasteiger partial charge in [0, 0.05) is 23.3 Å². The standard InChI is InChI=1S/C24H25N3O3/c1-24(2)12-16-20(18(28)13-24)21(14-8-7-11-19(29-3)22(14)30-4)27-17-10-6-5-9-15(17)25-23(27)26-16/h5-11,21H,12-13H2,1-4H3,(H,25,26). The number of hydrogen-bond donors (Lipinski definition) is 1. The Morgan fingerprint density at radius 2 is 1.87 bits per heavy atom. The molecule has 0 spiro atoms. The van der Waals surface area contributed by atoms with E-state index in [1.165, 1.54) is 0 Å². The molecule has 154 valence electrons. The minimum atomic E-state index is -0.336. The maximum Gasteiger partial charge on any atom is 0.209 e. The van der Waals surface area contributed by atoms with E-state index in [4.69, 9.17) is 14.5 Å². The van der Waals surface area contributed by atoms with Crippen LogP contribution in [0.2, 0.25) is 0 Å². The molecule has 1 aliphatic heterocycles. The molecule has 2 aliphatic rings. The maximum atomic E-state index is 13.4. The minimum Gasteiger partial charge on any atom is -0.493 e. The van der Waals surface area contributed by atoms with Crippen molar-refractivity contribution in [3.63, 3.8) is 0 Å². The minimum absolute atomic E-state index is 0.0971. The largest absolute Gasteiger partial charge is 0.493 e. The lowest BCUT2D eigenvalue weighted by Gasteiger charge is -2.39. The van der Waals surface area contributed by atoms with Crippen LogP contribution < -0.4 is 14.8 Å². The van der Waals surface area contributed by atoms with E-state index in [0.29, 0.717) is 17.9 Å². The molecule has 0 saturated heterocycles. The first-order valence-corrected chi connectivity index (χ1v) is 10.1. The van der Waals surface area contributed by atoms with Crippen LogP contribution in [0.15, 0.2) is 53.7 Å². The van der Waals surface area contributed by atoms with Gasteiger partial charge in [-0.25, -0.2) is 4.98 Å². The Morgan fingerprint density at radius 1 is 1.07 bits per heavy atom. The molecule has 2 aromatic carbocycles. The molecule has 3 aromatic rings. The number of allylic oxidation sites excluding steroid dienone is 2. The second-order valence-corrected chi connectivity index (χ2v) is 8.74. The van der Waals surface area contributed by atoms with Crippen LogP contribution in [0.25, 0.3) is 11.0 Å². The van der Waals surface area contributed by atoms with Gasteiger partial charge < -0.3 is 14.8 Å². The van der Waals surface area contributed by atoms with Gasteiger partial charge in [0.15, 0.2) is 17.3 Å². The Kier molecular flexibility index (Phi) is 4.13. The van der Waals surface area contributed by atoms with E-state index in [9.17, 15) is 4.79 Å². The summed E-state index contributed by atoms with van der Waals surface area (Å²) in [4.78, 5) is 18.3. The van der Waals surface area contributed by atoms with Crippen molar-refractivity contribution in [3.8, 4) is 11.5 Å². The molecule has 6 heteroatoms. The summed E-state index contributed by atoms with van der Waals surface area (Å²) in [5, 5.41) is 3.48. The van der Waals surface area contributed by atoms with E-state index in [-0.39, 0.29) is 17.2 Å². The molecular formula is C24H25N3O3. The molecule has 6 nitrogen and oxygen atoms in total. The molecule has 0 amide bonds. The van der Waals surface area contributed by atoms with E-state index in [1.54, 1.807) is 14.2 Å². The Morgan fingerprint density at radius 3 is 2.63 bits per heavy atom. The zero-order chi connectivity index (χ0) is 21.0. The molecule has 1 unspecified atom stereocenters. The van der Waals surface area contributed by atoms with E-state index < -0.39 is 0 Å². The summed E-state index contributed by atoms with van der Waals surface area (Å²) < 4.78 is 13.4. The van der Waals surface area contributed by atoms with Crippen LogP contribution in [0.1, 0.15) is 38.3 Å². The molecule has 0 fully saturated rings. The predicted molar refractivity (Wildman–Crippen MR) is 116 cm³/mol. The molecule has 0 saturated carbocycles. The third-order valence-electron chi connectivity index (χ3n) is 6.04. The van der Waals surface area contributed by atoms with Crippen LogP contribution in [-0.2, 0) is 4.79 Å². The number of nitrogens with one attached hydrogen (secondary N) is 1. The highest BCUT2D eigenvalue weighted by Gasteiger charge is 2.42. The van der Waals surface area contributed by atoms with Gasteiger partial charge in [0.05, 0.1) is 31.3 Å². The summed E-state index contributed by atoms with van der Waals surface area (Å²) in [6.45, 7) is 4.27. The van der Waals surface area contributed by atoms with Crippen molar-refractivity contribution >= 4 is 22.8 Å². The van der Waals surface area contributed by atoms with Crippen LogP contribution in [-0.4, -0.2) is 29.6 Å². The second kappa shape index (κ2) is 6.62. The summed E-state index contributed by atoms with van der Waals surface area (Å²) in [5.74, 6) is 2.19. The number of methoxy groups -OCH3 is 2. The normalized spacial score (nSPS) is 19.9. The van der Waals surface area contributed by atoms with E-state index in [1.807, 2.05) is 42.5 Å². The number of anilines is 1. The first kappa shape index (κ1) is 18.7. The number of carbonyl (C=O) groups is 1. The third kappa shape index (κ3) is 2.70. The fraction of sp³-hybridized carbons (Fsp3) is 0.333. The smallest absolute Gasteiger partial charge is 0.209 e. The highest BCUT2D eigenvalue weighted by atomic mass is 16.5. The van der Waals surface area contributed by atoms with Gasteiger partial charge in [-0.1, -0.05) is 38.1 Å². The Bertz CT molecular complexity index is 1210. The summed E-state index contributed by atoms with van der Waals surface area (Å²) in [6, 6.07) is 13.5. The first-order chi connectivity index (χ1) is 14.4. The summed E-state index contributed by atoms with van der Waals surface area (Å²) in [6.07, 6.45) is 1.30. The van der Waals surface area contributed by atoms with Crippen LogP contribution in [0.5, 0.6) is 11.5 Å². The molecule has 0 radical (unpaired) electrons. The SMILES string of the molecule is COc1cccc(C2C3=C(CC(C)(C)CC3=O)Nc3nc4ccccc4n32)c1OC. The summed E-state index contributed by atoms with van der Waals surface area (Å²) >= 11 is 0. The zero-order valence-corrected chi connectivity index (χ0v) is 17.7. The fourth-order valence-corrected chi connectivity index (χ4v) is 4.84. The molecule has 1 atom stereocenters. The molecule has 0 bridgehead atoms. The Hall–Kier alpha value is -3.28. The van der Waals surface area contributed by atoms with Crippen molar-refractivity contribution in [2.75, 3.05) is 19.5 Å². The van der Waals surface area contributed by atoms with E-state index >= 15 is 0 Å². The van der Waals surface area contributed by atoms with Crippen molar-refractivity contribution in [1.29, 1.82) is 0 Å². The lowest BCUT2D eigenvalue weighted by Crippen LogP contribution is -2.36. The van der Waals surface area contributed by atoms with Gasteiger partial charge in [0.1, 0.15) is 0 Å². The Labute approximate surface area is 175 Å². The number of para-hydroxylation sites is 3. The number of benzene rings is 2. The van der Waals surface area contributed by atoms with E-state index in [2.05, 4.69) is 23.7 Å². The number of aromatic nitrogens is 2. The molecule has 5 rings (SSSR count). The molecule has 1 aromatic heterocycles. The quantitative estimate of drug-likeness (QED) is 0.686. The van der Waals surface area contributed by atoms with Crippen LogP contribution >= 0.6 is 0 Å². The van der Waals surface area contributed by atoms with Gasteiger partial charge in [-0.2, -0.15) is 0 Å². The average Bonchev–Trinajstić information content (AvgIpc) is 3.08. The van der Waals surface area contributed by atoms with Gasteiger partial charge in [-0.3, -0.25) is 9.36 Å². The highest BCUT2D eigenvalue weighted by Crippen LogP contribution is 2.49. The van der Waals surface area contributed by atoms with Gasteiger partial charge >= 0.3 is 0 Å². The number of fused-ring (bicyclic) bond motifs is 3. The molecular weight excluding hydrogens is 378 g/mol. The second-order valence-electron chi connectivity index (χ2n) is 8.74. The number of Topliss-reactive ketones (excluding diaryl/α,β-unsaturated/α-hetero) is 1. The van der Waals surface area contributed by atoms with E-state index in [0.717, 1.165) is 40.2 Å². The van der Waals surface area contributed by atoms with Gasteiger partial charge in [-0.05, 0) is 30.0 Å². The van der Waals surface area contributed by atoms with Gasteiger partial charge in [0.25, 0.3) is 0 Å². The number of imidazole rings is 1. The fourth-order valence-electron chi connectivity index (χ4n) is 4.84. The number of rotatable bonds is 3. The average molecular weight is 403 g/mol. The van der Waals surface area contributed by atoms with Crippen molar-refractivity contribution in [2.24, 2.45) is 5.41 Å². The monoisotopic (exact) mass is 403 g/mol. The molecule has 2 heterocycles. The van der Waals surface area contributed by atoms with Gasteiger partial charge in [-0.15, -0.1) is 0 Å². The lowest BCUT2D eigenvalue weighted by molar-refractivity contribution is -0.118. The molecule has 30 heavy (non-hydrogen) atoms. The third-order valence-corrected chi connectivity index (χ3v) is 6.04. The van der Waals surface area contributed by atoms with Crippen molar-refractivity contribution < 1.29 is 14.3 Å². The number of hydrogen-bond acceptors (Lipinski definition) is 5. The van der Waals surface area contributed by atoms with Crippen molar-refractivity contribution in [1.82, 2.24) is 9.55 Å². The summed E-state index contributed by atoms with van der Waals surface area (Å²) in [5.41, 5.74) is 4.39. The first-order valence-electron chi connectivity index (χ1n) is 10.1. The van der Waals surface area contributed by atoms with Gasteiger partial charge in [0.2, 0.25) is 5.95 Å². The number of ether oxygens (including phenoxy) is 2. The van der Waals surface area contributed by atoms with Crippen LogP contribution in [0, 0.1) is 5.41 Å². The van der Waals surface area contributed by atoms with Crippen LogP contribution in [0.3, 0.4) is 0 Å². The van der Waals surface area contributed by atoms with Crippen molar-refractivity contribution in [2.45, 2.75) is 32.7 Å². The van der Waals surface area contributed by atoms with Crippen LogP contribution in [0.4, 0.5) is 5.95 Å².